The molecule has 34 heavy (non-hydrogen) atoms. The molecule has 0 unspecified atom stereocenters. The van der Waals surface area contributed by atoms with Crippen molar-refractivity contribution in [3.05, 3.63) is 131 Å². The number of carbonyl (C=O) groups is 2. The minimum Gasteiger partial charge on any atom is -0.489 e. The van der Waals surface area contributed by atoms with Crippen LogP contribution in [0.3, 0.4) is 0 Å². The van der Waals surface area contributed by atoms with Crippen molar-refractivity contribution in [3.63, 3.8) is 0 Å². The zero-order valence-electron chi connectivity index (χ0n) is 18.8. The predicted molar refractivity (Wildman–Crippen MR) is 134 cm³/mol. The molecule has 0 aliphatic rings. The van der Waals surface area contributed by atoms with Crippen molar-refractivity contribution >= 4 is 17.8 Å². The average Bonchev–Trinajstić information content (AvgIpc) is 2.91. The van der Waals surface area contributed by atoms with Crippen molar-refractivity contribution in [2.45, 2.75) is 6.61 Å². The van der Waals surface area contributed by atoms with Gasteiger partial charge in [0.15, 0.2) is 5.78 Å². The highest BCUT2D eigenvalue weighted by molar-refractivity contribution is 6.07. The number of allylic oxidation sites excluding steroid dienone is 1. The summed E-state index contributed by atoms with van der Waals surface area (Å²) in [5.41, 5.74) is 5.21. The summed E-state index contributed by atoms with van der Waals surface area (Å²) in [5.74, 6) is 0.311. The van der Waals surface area contributed by atoms with E-state index >= 15 is 0 Å². The van der Waals surface area contributed by atoms with E-state index in [1.807, 2.05) is 91.0 Å². The number of benzene rings is 4. The SMILES string of the molecule is COC(=O)c1ccc(COc2ccc(C=CC(=O)c3ccc(-c4ccccc4)cc3)cc2)cc1. The molecule has 0 spiro atoms. The molecule has 0 radical (unpaired) electrons. The molecule has 0 bridgehead atoms. The standard InChI is InChI=1S/C30H24O4/c1-33-30(32)27-12-7-23(8-13-27)21-34-28-18-9-22(10-19-28)11-20-29(31)26-16-14-25(15-17-26)24-5-3-2-4-6-24/h2-20H,21H2,1H3. The van der Waals surface area contributed by atoms with Gasteiger partial charge in [0.25, 0.3) is 0 Å². The molecule has 0 fully saturated rings. The molecule has 0 saturated carbocycles. The van der Waals surface area contributed by atoms with E-state index in [1.165, 1.54) is 7.11 Å². The molecular formula is C30H24O4. The van der Waals surface area contributed by atoms with E-state index in [0.717, 1.165) is 28.0 Å². The third-order valence-corrected chi connectivity index (χ3v) is 5.36. The van der Waals surface area contributed by atoms with Gasteiger partial charge in [-0.25, -0.2) is 4.79 Å². The van der Waals surface area contributed by atoms with Crippen molar-refractivity contribution in [3.8, 4) is 16.9 Å². The first-order valence-electron chi connectivity index (χ1n) is 10.9. The number of ether oxygens (including phenoxy) is 2. The number of rotatable bonds is 8. The molecule has 0 N–H and O–H groups in total. The van der Waals surface area contributed by atoms with Gasteiger partial charge in [0, 0.05) is 5.56 Å². The Bertz CT molecular complexity index is 1270. The second-order valence-electron chi connectivity index (χ2n) is 7.69. The highest BCUT2D eigenvalue weighted by Gasteiger charge is 2.05. The van der Waals surface area contributed by atoms with Gasteiger partial charge in [-0.1, -0.05) is 84.9 Å². The zero-order chi connectivity index (χ0) is 23.8. The van der Waals surface area contributed by atoms with Crippen LogP contribution in [-0.2, 0) is 11.3 Å². The maximum atomic E-state index is 12.5. The van der Waals surface area contributed by atoms with E-state index in [9.17, 15) is 9.59 Å². The molecule has 4 aromatic rings. The Kier molecular flexibility index (Phi) is 7.31. The smallest absolute Gasteiger partial charge is 0.337 e. The summed E-state index contributed by atoms with van der Waals surface area (Å²) < 4.78 is 10.5. The van der Waals surface area contributed by atoms with Crippen molar-refractivity contribution in [1.82, 2.24) is 0 Å². The molecule has 4 aromatic carbocycles. The third kappa shape index (κ3) is 5.87. The van der Waals surface area contributed by atoms with Crippen LogP contribution in [-0.4, -0.2) is 18.9 Å². The number of esters is 1. The third-order valence-electron chi connectivity index (χ3n) is 5.36. The zero-order valence-corrected chi connectivity index (χ0v) is 18.8. The highest BCUT2D eigenvalue weighted by atomic mass is 16.5. The summed E-state index contributed by atoms with van der Waals surface area (Å²) in [5, 5.41) is 0. The van der Waals surface area contributed by atoms with Crippen LogP contribution in [0.5, 0.6) is 5.75 Å². The summed E-state index contributed by atoms with van der Waals surface area (Å²) in [4.78, 5) is 24.0. The molecule has 4 rings (SSSR count). The lowest BCUT2D eigenvalue weighted by Crippen LogP contribution is -2.01. The van der Waals surface area contributed by atoms with Gasteiger partial charge >= 0.3 is 5.97 Å². The number of hydrogen-bond acceptors (Lipinski definition) is 4. The summed E-state index contributed by atoms with van der Waals surface area (Å²) in [6, 6.07) is 32.3. The summed E-state index contributed by atoms with van der Waals surface area (Å²) in [7, 11) is 1.36. The van der Waals surface area contributed by atoms with Gasteiger partial charge in [-0.15, -0.1) is 0 Å². The highest BCUT2D eigenvalue weighted by Crippen LogP contribution is 2.20. The largest absolute Gasteiger partial charge is 0.489 e. The van der Waals surface area contributed by atoms with Crippen LogP contribution in [0.1, 0.15) is 31.8 Å². The molecule has 0 heterocycles. The lowest BCUT2D eigenvalue weighted by molar-refractivity contribution is 0.0600. The average molecular weight is 449 g/mol. The first-order chi connectivity index (χ1) is 16.6. The van der Waals surface area contributed by atoms with Gasteiger partial charge in [-0.3, -0.25) is 4.79 Å². The Morgan fingerprint density at radius 3 is 1.97 bits per heavy atom. The molecule has 4 heteroatoms. The molecule has 4 nitrogen and oxygen atoms in total. The first kappa shape index (κ1) is 22.7. The first-order valence-corrected chi connectivity index (χ1v) is 10.9. The van der Waals surface area contributed by atoms with E-state index in [0.29, 0.717) is 17.7 Å². The van der Waals surface area contributed by atoms with Gasteiger partial charge in [-0.05, 0) is 52.6 Å². The number of methoxy groups -OCH3 is 1. The fourth-order valence-electron chi connectivity index (χ4n) is 3.42. The molecule has 168 valence electrons. The van der Waals surface area contributed by atoms with E-state index in [4.69, 9.17) is 9.47 Å². The van der Waals surface area contributed by atoms with E-state index < -0.39 is 0 Å². The van der Waals surface area contributed by atoms with Crippen LogP contribution in [0.15, 0.2) is 109 Å². The van der Waals surface area contributed by atoms with Gasteiger partial charge in [0.2, 0.25) is 0 Å². The second-order valence-corrected chi connectivity index (χ2v) is 7.69. The van der Waals surface area contributed by atoms with Crippen LogP contribution < -0.4 is 4.74 Å². The normalized spacial score (nSPS) is 10.7. The topological polar surface area (TPSA) is 52.6 Å². The van der Waals surface area contributed by atoms with Crippen LogP contribution in [0, 0.1) is 0 Å². The second kappa shape index (κ2) is 10.9. The number of hydrogen-bond donors (Lipinski definition) is 0. The molecule has 0 aliphatic heterocycles. The number of ketones is 1. The molecule has 0 aliphatic carbocycles. The van der Waals surface area contributed by atoms with Gasteiger partial charge < -0.3 is 9.47 Å². The predicted octanol–water partition coefficient (Wildman–Crippen LogP) is 6.62. The number of carbonyl (C=O) groups excluding carboxylic acids is 2. The molecule has 0 atom stereocenters. The van der Waals surface area contributed by atoms with Gasteiger partial charge in [-0.2, -0.15) is 0 Å². The molecular weight excluding hydrogens is 424 g/mol. The maximum absolute atomic E-state index is 12.5. The van der Waals surface area contributed by atoms with E-state index in [2.05, 4.69) is 0 Å². The van der Waals surface area contributed by atoms with Crippen molar-refractivity contribution in [1.29, 1.82) is 0 Å². The molecule has 0 amide bonds. The van der Waals surface area contributed by atoms with Crippen LogP contribution in [0.25, 0.3) is 17.2 Å². The van der Waals surface area contributed by atoms with Crippen molar-refractivity contribution in [2.24, 2.45) is 0 Å². The van der Waals surface area contributed by atoms with Gasteiger partial charge in [0.1, 0.15) is 12.4 Å². The summed E-state index contributed by atoms with van der Waals surface area (Å²) in [6.07, 6.45) is 3.37. The fraction of sp³-hybridized carbons (Fsp3) is 0.0667. The maximum Gasteiger partial charge on any atom is 0.337 e. The Morgan fingerprint density at radius 2 is 1.32 bits per heavy atom. The lowest BCUT2D eigenvalue weighted by Gasteiger charge is -2.07. The molecule has 0 saturated heterocycles. The fourth-order valence-corrected chi connectivity index (χ4v) is 3.42. The van der Waals surface area contributed by atoms with Gasteiger partial charge in [0.05, 0.1) is 12.7 Å². The minimum atomic E-state index is -0.362. The van der Waals surface area contributed by atoms with Crippen molar-refractivity contribution < 1.29 is 19.1 Å². The summed E-state index contributed by atoms with van der Waals surface area (Å²) in [6.45, 7) is 0.383. The quantitative estimate of drug-likeness (QED) is 0.173. The van der Waals surface area contributed by atoms with Crippen LogP contribution in [0.4, 0.5) is 0 Å². The Labute approximate surface area is 199 Å². The van der Waals surface area contributed by atoms with E-state index in [1.54, 1.807) is 24.3 Å². The van der Waals surface area contributed by atoms with Crippen LogP contribution >= 0.6 is 0 Å². The van der Waals surface area contributed by atoms with Crippen LogP contribution in [0.2, 0.25) is 0 Å². The Balaban J connectivity index is 1.32. The van der Waals surface area contributed by atoms with Crippen molar-refractivity contribution in [2.75, 3.05) is 7.11 Å². The monoisotopic (exact) mass is 448 g/mol. The summed E-state index contributed by atoms with van der Waals surface area (Å²) >= 11 is 0. The Morgan fingerprint density at radius 1 is 0.706 bits per heavy atom. The van der Waals surface area contributed by atoms with E-state index in [-0.39, 0.29) is 11.8 Å². The lowest BCUT2D eigenvalue weighted by atomic mass is 10.0. The minimum absolute atomic E-state index is 0.0460. The Hall–Kier alpha value is -4.44. The molecule has 0 aromatic heterocycles.